The van der Waals surface area contributed by atoms with Crippen molar-refractivity contribution in [3.63, 3.8) is 0 Å². The van der Waals surface area contributed by atoms with Crippen LogP contribution in [0.3, 0.4) is 0 Å². The molecule has 13 heavy (non-hydrogen) atoms. The van der Waals surface area contributed by atoms with E-state index in [4.69, 9.17) is 0 Å². The van der Waals surface area contributed by atoms with Crippen molar-refractivity contribution in [2.75, 3.05) is 0 Å². The van der Waals surface area contributed by atoms with Gasteiger partial charge in [0.1, 0.15) is 0 Å². The molecule has 0 aliphatic carbocycles. The van der Waals surface area contributed by atoms with Crippen molar-refractivity contribution >= 4 is 48.9 Å². The molecule has 2 aromatic carbocycles. The van der Waals surface area contributed by atoms with Crippen molar-refractivity contribution in [2.45, 2.75) is 0 Å². The minimum Gasteiger partial charge on any atom is -1.00 e. The Bertz CT molecular complexity index is 311. The number of benzene rings is 2. The summed E-state index contributed by atoms with van der Waals surface area (Å²) < 4.78 is 0. The summed E-state index contributed by atoms with van der Waals surface area (Å²) in [7, 11) is 0. The maximum absolute atomic E-state index is 2.12. The first-order valence-electron chi connectivity index (χ1n) is 4.07. The number of hydrogen-bond donors (Lipinski definition) is 0. The van der Waals surface area contributed by atoms with Crippen LogP contribution < -0.4 is 0 Å². The summed E-state index contributed by atoms with van der Waals surface area (Å²) in [4.78, 5) is 0. The third-order valence-corrected chi connectivity index (χ3v) is 1.88. The van der Waals surface area contributed by atoms with Gasteiger partial charge in [0.05, 0.1) is 0 Å². The van der Waals surface area contributed by atoms with Crippen molar-refractivity contribution < 1.29 is 2.85 Å². The van der Waals surface area contributed by atoms with Crippen molar-refractivity contribution in [2.24, 2.45) is 0 Å². The molecule has 62 valence electrons. The van der Waals surface area contributed by atoms with Gasteiger partial charge in [-0.05, 0) is 11.1 Å². The second-order valence-electron chi connectivity index (χ2n) is 2.73. The van der Waals surface area contributed by atoms with Crippen LogP contribution in [0.4, 0.5) is 0 Å². The van der Waals surface area contributed by atoms with Crippen LogP contribution in [0, 0.1) is 0 Å². The van der Waals surface area contributed by atoms with E-state index in [1.807, 2.05) is 12.1 Å². The Morgan fingerprint density at radius 3 is 1.15 bits per heavy atom. The standard InChI is InChI=1S/C12H10.Ba.2H/c1-3-7-11(8-4-1)12-9-5-2-6-10-12;;;/h1-10H;;;/q;+2;2*-1. The average Bonchev–Trinajstić information content (AvgIpc) is 2.21. The summed E-state index contributed by atoms with van der Waals surface area (Å²) in [5.41, 5.74) is 2.55. The number of rotatable bonds is 1. The fourth-order valence-corrected chi connectivity index (χ4v) is 1.26. The topological polar surface area (TPSA) is 0 Å². The molecule has 0 aliphatic rings. The van der Waals surface area contributed by atoms with E-state index in [0.29, 0.717) is 0 Å². The second-order valence-corrected chi connectivity index (χ2v) is 2.73. The molecule has 0 aliphatic heterocycles. The Morgan fingerprint density at radius 2 is 0.846 bits per heavy atom. The molecule has 0 N–H and O–H groups in total. The van der Waals surface area contributed by atoms with Gasteiger partial charge in [-0.25, -0.2) is 0 Å². The third-order valence-electron chi connectivity index (χ3n) is 1.88. The van der Waals surface area contributed by atoms with Crippen LogP contribution >= 0.6 is 0 Å². The van der Waals surface area contributed by atoms with Crippen LogP contribution in [0.1, 0.15) is 2.85 Å². The van der Waals surface area contributed by atoms with Gasteiger partial charge in [-0.2, -0.15) is 0 Å². The molecule has 0 heterocycles. The molecule has 0 radical (unpaired) electrons. The van der Waals surface area contributed by atoms with Crippen LogP contribution in [0.25, 0.3) is 11.1 Å². The Balaban J connectivity index is 0. The first-order chi connectivity index (χ1) is 5.97. The van der Waals surface area contributed by atoms with Gasteiger partial charge in [-0.1, -0.05) is 60.7 Å². The predicted molar refractivity (Wildman–Crippen MR) is 59.9 cm³/mol. The molecule has 0 unspecified atom stereocenters. The van der Waals surface area contributed by atoms with E-state index in [2.05, 4.69) is 48.5 Å². The maximum Gasteiger partial charge on any atom is 2.00 e. The molecule has 0 spiro atoms. The summed E-state index contributed by atoms with van der Waals surface area (Å²) in [5.74, 6) is 0. The summed E-state index contributed by atoms with van der Waals surface area (Å²) >= 11 is 0. The van der Waals surface area contributed by atoms with Crippen molar-refractivity contribution in [3.8, 4) is 11.1 Å². The monoisotopic (exact) mass is 294 g/mol. The Labute approximate surface area is 122 Å². The van der Waals surface area contributed by atoms with E-state index in [1.54, 1.807) is 0 Å². The quantitative estimate of drug-likeness (QED) is 0.708. The average molecular weight is 294 g/mol. The number of hydrogen-bond acceptors (Lipinski definition) is 0. The molecular weight excluding hydrogens is 281 g/mol. The molecule has 1 heteroatoms. The normalized spacial score (nSPS) is 8.92. The zero-order valence-electron chi connectivity index (χ0n) is 9.48. The molecule has 0 aromatic heterocycles. The van der Waals surface area contributed by atoms with E-state index in [1.165, 1.54) is 11.1 Å². The van der Waals surface area contributed by atoms with E-state index >= 15 is 0 Å². The van der Waals surface area contributed by atoms with Crippen LogP contribution in [0.15, 0.2) is 60.7 Å². The van der Waals surface area contributed by atoms with Gasteiger partial charge in [0.2, 0.25) is 0 Å². The van der Waals surface area contributed by atoms with Gasteiger partial charge >= 0.3 is 48.9 Å². The Hall–Kier alpha value is 0.0114. The van der Waals surface area contributed by atoms with E-state index in [-0.39, 0.29) is 51.7 Å². The van der Waals surface area contributed by atoms with Crippen molar-refractivity contribution in [3.05, 3.63) is 60.7 Å². The molecule has 0 atom stereocenters. The molecule has 2 aromatic rings. The Morgan fingerprint density at radius 1 is 0.538 bits per heavy atom. The summed E-state index contributed by atoms with van der Waals surface area (Å²) in [6.07, 6.45) is 0. The van der Waals surface area contributed by atoms with Gasteiger partial charge in [-0.3, -0.25) is 0 Å². The largest absolute Gasteiger partial charge is 2.00 e. The molecule has 0 nitrogen and oxygen atoms in total. The minimum absolute atomic E-state index is 0. The SMILES string of the molecule is [Ba+2].[H-].[H-].c1ccc(-c2ccccc2)cc1. The molecule has 0 amide bonds. The molecule has 2 rings (SSSR count). The first-order valence-corrected chi connectivity index (χ1v) is 4.07. The molecule has 0 saturated heterocycles. The Kier molecular flexibility index (Phi) is 4.85. The van der Waals surface area contributed by atoms with Gasteiger partial charge in [-0.15, -0.1) is 0 Å². The van der Waals surface area contributed by atoms with E-state index in [0.717, 1.165) is 0 Å². The summed E-state index contributed by atoms with van der Waals surface area (Å²) in [6, 6.07) is 20.8. The fourth-order valence-electron chi connectivity index (χ4n) is 1.26. The zero-order valence-corrected chi connectivity index (χ0v) is 11.9. The van der Waals surface area contributed by atoms with Gasteiger partial charge in [0, 0.05) is 0 Å². The van der Waals surface area contributed by atoms with Crippen LogP contribution in [0.2, 0.25) is 0 Å². The molecule has 0 bridgehead atoms. The van der Waals surface area contributed by atoms with Crippen LogP contribution in [-0.2, 0) is 0 Å². The van der Waals surface area contributed by atoms with Gasteiger partial charge in [0.25, 0.3) is 0 Å². The van der Waals surface area contributed by atoms with E-state index in [9.17, 15) is 0 Å². The van der Waals surface area contributed by atoms with E-state index < -0.39 is 0 Å². The molecular formula is C12H12Ba. The summed E-state index contributed by atoms with van der Waals surface area (Å²) in [5, 5.41) is 0. The zero-order chi connectivity index (χ0) is 8.23. The maximum atomic E-state index is 2.12. The van der Waals surface area contributed by atoms with Crippen LogP contribution in [0.5, 0.6) is 0 Å². The smallest absolute Gasteiger partial charge is 1.00 e. The second kappa shape index (κ2) is 5.68. The minimum atomic E-state index is 0. The van der Waals surface area contributed by atoms with Gasteiger partial charge in [0.15, 0.2) is 0 Å². The molecule has 0 saturated carbocycles. The van der Waals surface area contributed by atoms with Crippen molar-refractivity contribution in [1.82, 2.24) is 0 Å². The molecule has 0 fully saturated rings. The van der Waals surface area contributed by atoms with Crippen LogP contribution in [-0.4, -0.2) is 48.9 Å². The van der Waals surface area contributed by atoms with Crippen molar-refractivity contribution in [1.29, 1.82) is 0 Å². The fraction of sp³-hybridized carbons (Fsp3) is 0. The first kappa shape index (κ1) is 11.1. The summed E-state index contributed by atoms with van der Waals surface area (Å²) in [6.45, 7) is 0. The van der Waals surface area contributed by atoms with Gasteiger partial charge < -0.3 is 2.85 Å². The predicted octanol–water partition coefficient (Wildman–Crippen LogP) is 3.20. The third kappa shape index (κ3) is 3.01.